The molecule has 0 saturated carbocycles. The summed E-state index contributed by atoms with van der Waals surface area (Å²) < 4.78 is 0. The van der Waals surface area contributed by atoms with Gasteiger partial charge in [-0.15, -0.1) is 0 Å². The Morgan fingerprint density at radius 2 is 1.71 bits per heavy atom. The smallest absolute Gasteiger partial charge is 0.256 e. The molecule has 2 saturated heterocycles. The third-order valence-electron chi connectivity index (χ3n) is 6.10. The van der Waals surface area contributed by atoms with E-state index in [2.05, 4.69) is 24.1 Å². The third-order valence-corrected chi connectivity index (χ3v) is 6.10. The van der Waals surface area contributed by atoms with Gasteiger partial charge < -0.3 is 15.1 Å². The Morgan fingerprint density at radius 3 is 2.36 bits per heavy atom. The minimum atomic E-state index is 0.0379. The molecule has 1 N–H and O–H groups in total. The molecule has 1 atom stereocenters. The van der Waals surface area contributed by atoms with Crippen LogP contribution in [0.15, 0.2) is 18.2 Å². The number of carbonyl (C=O) groups excluding carboxylic acids is 2. The molecule has 154 valence electrons. The highest BCUT2D eigenvalue weighted by Gasteiger charge is 2.26. The lowest BCUT2D eigenvalue weighted by molar-refractivity contribution is -0.120. The van der Waals surface area contributed by atoms with Crippen LogP contribution in [0, 0.1) is 5.92 Å². The average Bonchev–Trinajstić information content (AvgIpc) is 3.42. The first-order valence-corrected chi connectivity index (χ1v) is 11.1. The van der Waals surface area contributed by atoms with Crippen molar-refractivity contribution in [1.29, 1.82) is 0 Å². The predicted octanol–water partition coefficient (Wildman–Crippen LogP) is 4.68. The molecule has 0 bridgehead atoms. The molecular formula is C23H35N3O2. The molecule has 1 unspecified atom stereocenters. The highest BCUT2D eigenvalue weighted by atomic mass is 16.2. The van der Waals surface area contributed by atoms with E-state index in [4.69, 9.17) is 0 Å². The summed E-state index contributed by atoms with van der Waals surface area (Å²) in [6.45, 7) is 7.89. The van der Waals surface area contributed by atoms with E-state index in [1.54, 1.807) is 0 Å². The van der Waals surface area contributed by atoms with Gasteiger partial charge in [0, 0.05) is 43.5 Å². The fourth-order valence-corrected chi connectivity index (χ4v) is 4.32. The Morgan fingerprint density at radius 1 is 1.04 bits per heavy atom. The summed E-state index contributed by atoms with van der Waals surface area (Å²) in [4.78, 5) is 30.2. The molecule has 0 aliphatic carbocycles. The summed E-state index contributed by atoms with van der Waals surface area (Å²) >= 11 is 0. The van der Waals surface area contributed by atoms with E-state index in [1.165, 1.54) is 12.8 Å². The summed E-state index contributed by atoms with van der Waals surface area (Å²) in [5.74, 6) is 0.217. The van der Waals surface area contributed by atoms with E-state index in [0.29, 0.717) is 0 Å². The molecule has 0 spiro atoms. The number of likely N-dealkylation sites (tertiary alicyclic amines) is 1. The van der Waals surface area contributed by atoms with Gasteiger partial charge >= 0.3 is 0 Å². The maximum Gasteiger partial charge on any atom is 0.256 e. The lowest BCUT2D eigenvalue weighted by Gasteiger charge is -2.25. The van der Waals surface area contributed by atoms with Crippen molar-refractivity contribution in [3.63, 3.8) is 0 Å². The Balaban J connectivity index is 1.81. The zero-order valence-corrected chi connectivity index (χ0v) is 17.5. The van der Waals surface area contributed by atoms with Crippen LogP contribution in [0.4, 0.5) is 11.4 Å². The van der Waals surface area contributed by atoms with Gasteiger partial charge in [0.2, 0.25) is 5.91 Å². The second-order valence-corrected chi connectivity index (χ2v) is 8.16. The predicted molar refractivity (Wildman–Crippen MR) is 115 cm³/mol. The van der Waals surface area contributed by atoms with Crippen LogP contribution in [0.1, 0.15) is 75.6 Å². The largest absolute Gasteiger partial charge is 0.371 e. The fraction of sp³-hybridized carbons (Fsp3) is 0.652. The molecule has 2 aliphatic rings. The van der Waals surface area contributed by atoms with Crippen LogP contribution in [0.2, 0.25) is 0 Å². The number of amides is 2. The number of unbranched alkanes of at least 4 members (excludes halogenated alkanes) is 1. The monoisotopic (exact) mass is 385 g/mol. The maximum absolute atomic E-state index is 13.2. The van der Waals surface area contributed by atoms with Crippen LogP contribution >= 0.6 is 0 Å². The fourth-order valence-electron chi connectivity index (χ4n) is 4.32. The molecule has 5 heteroatoms. The second-order valence-electron chi connectivity index (χ2n) is 8.16. The number of rotatable bonds is 8. The number of hydrogen-bond donors (Lipinski definition) is 1. The highest BCUT2D eigenvalue weighted by molar-refractivity contribution is 6.02. The van der Waals surface area contributed by atoms with Crippen molar-refractivity contribution in [2.45, 2.75) is 65.2 Å². The van der Waals surface area contributed by atoms with Gasteiger partial charge in [0.15, 0.2) is 0 Å². The van der Waals surface area contributed by atoms with Gasteiger partial charge in [0.05, 0.1) is 5.56 Å². The molecule has 2 amide bonds. The molecule has 2 heterocycles. The quantitative estimate of drug-likeness (QED) is 0.707. The summed E-state index contributed by atoms with van der Waals surface area (Å²) in [6, 6.07) is 5.88. The normalized spacial score (nSPS) is 17.8. The first-order valence-electron chi connectivity index (χ1n) is 11.1. The van der Waals surface area contributed by atoms with Crippen LogP contribution in [0.3, 0.4) is 0 Å². The lowest BCUT2D eigenvalue weighted by atomic mass is 9.98. The highest BCUT2D eigenvalue weighted by Crippen LogP contribution is 2.30. The van der Waals surface area contributed by atoms with Crippen LogP contribution in [0.5, 0.6) is 0 Å². The Hall–Kier alpha value is -2.04. The number of anilines is 2. The van der Waals surface area contributed by atoms with Crippen LogP contribution in [-0.4, -0.2) is 42.9 Å². The topological polar surface area (TPSA) is 52.7 Å². The molecule has 2 fully saturated rings. The maximum atomic E-state index is 13.2. The minimum Gasteiger partial charge on any atom is -0.371 e. The van der Waals surface area contributed by atoms with Crippen molar-refractivity contribution in [3.05, 3.63) is 23.8 Å². The summed E-state index contributed by atoms with van der Waals surface area (Å²) in [5, 5.41) is 3.08. The van der Waals surface area contributed by atoms with E-state index in [9.17, 15) is 9.59 Å². The standard InChI is InChI=1S/C23H35N3O2/c1-3-5-10-18(4-2)22(27)24-19-11-12-21(25-13-6-7-14-25)20(17-19)23(28)26-15-8-9-16-26/h11-12,17-18H,3-10,13-16H2,1-2H3,(H,24,27). The Bertz CT molecular complexity index is 676. The minimum absolute atomic E-state index is 0.0379. The summed E-state index contributed by atoms with van der Waals surface area (Å²) in [7, 11) is 0. The Labute approximate surface area is 169 Å². The van der Waals surface area contributed by atoms with Crippen molar-refractivity contribution < 1.29 is 9.59 Å². The van der Waals surface area contributed by atoms with E-state index < -0.39 is 0 Å². The van der Waals surface area contributed by atoms with E-state index in [0.717, 1.165) is 81.6 Å². The molecule has 1 aromatic rings. The number of benzene rings is 1. The molecule has 5 nitrogen and oxygen atoms in total. The number of carbonyl (C=O) groups is 2. The second kappa shape index (κ2) is 9.94. The van der Waals surface area contributed by atoms with Crippen molar-refractivity contribution in [3.8, 4) is 0 Å². The van der Waals surface area contributed by atoms with Gasteiger partial charge in [-0.05, 0) is 56.7 Å². The molecule has 0 aromatic heterocycles. The van der Waals surface area contributed by atoms with Gasteiger partial charge in [0.25, 0.3) is 5.91 Å². The molecule has 3 rings (SSSR count). The first-order chi connectivity index (χ1) is 13.6. The average molecular weight is 386 g/mol. The summed E-state index contributed by atoms with van der Waals surface area (Å²) in [5.41, 5.74) is 2.50. The van der Waals surface area contributed by atoms with Crippen molar-refractivity contribution in [2.24, 2.45) is 5.92 Å². The van der Waals surface area contributed by atoms with E-state index in [1.807, 2.05) is 23.1 Å². The van der Waals surface area contributed by atoms with Gasteiger partial charge in [-0.1, -0.05) is 26.7 Å². The molecule has 0 radical (unpaired) electrons. The van der Waals surface area contributed by atoms with Gasteiger partial charge in [-0.25, -0.2) is 0 Å². The Kier molecular flexibility index (Phi) is 7.35. The molecule has 2 aliphatic heterocycles. The third kappa shape index (κ3) is 4.86. The molecule has 1 aromatic carbocycles. The van der Waals surface area contributed by atoms with Gasteiger partial charge in [-0.2, -0.15) is 0 Å². The van der Waals surface area contributed by atoms with Crippen molar-refractivity contribution in [2.75, 3.05) is 36.4 Å². The van der Waals surface area contributed by atoms with E-state index >= 15 is 0 Å². The van der Waals surface area contributed by atoms with E-state index in [-0.39, 0.29) is 17.7 Å². The molecule has 28 heavy (non-hydrogen) atoms. The summed E-state index contributed by atoms with van der Waals surface area (Å²) in [6.07, 6.45) is 8.44. The number of hydrogen-bond acceptors (Lipinski definition) is 3. The zero-order valence-electron chi connectivity index (χ0n) is 17.5. The zero-order chi connectivity index (χ0) is 19.9. The SMILES string of the molecule is CCCCC(CC)C(=O)Nc1ccc(N2CCCC2)c(C(=O)N2CCCC2)c1. The van der Waals surface area contributed by atoms with Crippen LogP contribution < -0.4 is 10.2 Å². The van der Waals surface area contributed by atoms with Crippen LogP contribution in [0.25, 0.3) is 0 Å². The molecular weight excluding hydrogens is 350 g/mol. The van der Waals surface area contributed by atoms with Crippen molar-refractivity contribution >= 4 is 23.2 Å². The van der Waals surface area contributed by atoms with Crippen molar-refractivity contribution in [1.82, 2.24) is 4.90 Å². The number of nitrogens with one attached hydrogen (secondary N) is 1. The lowest BCUT2D eigenvalue weighted by Crippen LogP contribution is -2.30. The van der Waals surface area contributed by atoms with Gasteiger partial charge in [0.1, 0.15) is 0 Å². The van der Waals surface area contributed by atoms with Gasteiger partial charge in [-0.3, -0.25) is 9.59 Å². The number of nitrogens with zero attached hydrogens (tertiary/aromatic N) is 2. The first kappa shape index (κ1) is 20.7. The van der Waals surface area contributed by atoms with Crippen LogP contribution in [-0.2, 0) is 4.79 Å².